The predicted octanol–water partition coefficient (Wildman–Crippen LogP) is 2.80. The van der Waals surface area contributed by atoms with E-state index in [-0.39, 0.29) is 30.5 Å². The topological polar surface area (TPSA) is 46.2 Å². The van der Waals surface area contributed by atoms with E-state index in [1.807, 2.05) is 45.9 Å². The molecule has 1 aromatic rings. The highest BCUT2D eigenvalue weighted by Crippen LogP contribution is 2.47. The number of benzene rings is 1. The molecule has 23 heavy (non-hydrogen) atoms. The Kier molecular flexibility index (Phi) is 3.55. The first-order valence-corrected chi connectivity index (χ1v) is 8.22. The summed E-state index contributed by atoms with van der Waals surface area (Å²) in [6.45, 7) is 8.21. The van der Waals surface area contributed by atoms with Crippen molar-refractivity contribution < 1.29 is 23.7 Å². The fourth-order valence-electron chi connectivity index (χ4n) is 3.78. The second-order valence-corrected chi connectivity index (χ2v) is 7.37. The van der Waals surface area contributed by atoms with Gasteiger partial charge in [-0.3, -0.25) is 0 Å². The molecule has 0 spiro atoms. The van der Waals surface area contributed by atoms with Gasteiger partial charge in [0.15, 0.2) is 17.9 Å². The molecule has 3 fully saturated rings. The average Bonchev–Trinajstić information content (AvgIpc) is 3.08. The van der Waals surface area contributed by atoms with E-state index in [9.17, 15) is 0 Å². The van der Waals surface area contributed by atoms with Crippen molar-refractivity contribution in [2.24, 2.45) is 0 Å². The van der Waals surface area contributed by atoms with Gasteiger partial charge in [-0.15, -0.1) is 0 Å². The van der Waals surface area contributed by atoms with Gasteiger partial charge in [0.25, 0.3) is 0 Å². The lowest BCUT2D eigenvalue weighted by Crippen LogP contribution is -2.38. The van der Waals surface area contributed by atoms with Crippen LogP contribution < -0.4 is 0 Å². The summed E-state index contributed by atoms with van der Waals surface area (Å²) in [7, 11) is 0. The van der Waals surface area contributed by atoms with E-state index in [0.717, 1.165) is 0 Å². The molecule has 3 aliphatic heterocycles. The maximum Gasteiger partial charge on any atom is 0.188 e. The number of fused-ring (bicyclic) bond motifs is 1. The van der Waals surface area contributed by atoms with Gasteiger partial charge < -0.3 is 23.7 Å². The molecule has 5 nitrogen and oxygen atoms in total. The lowest BCUT2D eigenvalue weighted by atomic mass is 9.87. The third-order valence-electron chi connectivity index (χ3n) is 4.67. The third-order valence-corrected chi connectivity index (χ3v) is 4.67. The molecule has 0 aromatic heterocycles. The molecule has 0 aliphatic carbocycles. The molecule has 1 aromatic carbocycles. The summed E-state index contributed by atoms with van der Waals surface area (Å²) >= 11 is 0. The summed E-state index contributed by atoms with van der Waals surface area (Å²) in [5.41, 5.74) is 1.18. The first-order chi connectivity index (χ1) is 10.8. The van der Waals surface area contributed by atoms with Gasteiger partial charge in [0.2, 0.25) is 0 Å². The van der Waals surface area contributed by atoms with E-state index in [1.165, 1.54) is 5.56 Å². The van der Waals surface area contributed by atoms with Gasteiger partial charge in [0.1, 0.15) is 12.2 Å². The van der Waals surface area contributed by atoms with Crippen molar-refractivity contribution in [1.29, 1.82) is 0 Å². The van der Waals surface area contributed by atoms with Crippen molar-refractivity contribution in [1.82, 2.24) is 0 Å². The Hall–Kier alpha value is -0.980. The van der Waals surface area contributed by atoms with Gasteiger partial charge in [-0.1, -0.05) is 30.3 Å². The van der Waals surface area contributed by atoms with Crippen molar-refractivity contribution >= 4 is 0 Å². The number of hydrogen-bond donors (Lipinski definition) is 0. The van der Waals surface area contributed by atoms with Crippen LogP contribution in [-0.4, -0.2) is 42.8 Å². The second kappa shape index (κ2) is 5.26. The highest BCUT2D eigenvalue weighted by molar-refractivity contribution is 5.25. The van der Waals surface area contributed by atoms with E-state index in [2.05, 4.69) is 12.1 Å². The fourth-order valence-corrected chi connectivity index (χ4v) is 3.78. The van der Waals surface area contributed by atoms with E-state index in [1.54, 1.807) is 0 Å². The van der Waals surface area contributed by atoms with E-state index in [0.29, 0.717) is 6.61 Å². The van der Waals surface area contributed by atoms with Crippen molar-refractivity contribution in [3.63, 3.8) is 0 Å². The van der Waals surface area contributed by atoms with Gasteiger partial charge in [0.05, 0.1) is 12.7 Å². The number of rotatable bonds is 2. The zero-order chi connectivity index (χ0) is 16.2. The predicted molar refractivity (Wildman–Crippen MR) is 82.8 cm³/mol. The average molecular weight is 320 g/mol. The lowest BCUT2D eigenvalue weighted by Gasteiger charge is -2.29. The second-order valence-electron chi connectivity index (χ2n) is 7.37. The molecule has 0 amide bonds. The molecule has 3 aliphatic rings. The molecule has 1 unspecified atom stereocenters. The van der Waals surface area contributed by atoms with Crippen LogP contribution in [0.4, 0.5) is 0 Å². The highest BCUT2D eigenvalue weighted by Gasteiger charge is 2.58. The van der Waals surface area contributed by atoms with Crippen LogP contribution in [0.5, 0.6) is 0 Å². The minimum Gasteiger partial charge on any atom is -0.348 e. The smallest absolute Gasteiger partial charge is 0.188 e. The summed E-state index contributed by atoms with van der Waals surface area (Å²) in [4.78, 5) is 0. The van der Waals surface area contributed by atoms with Crippen LogP contribution in [0.25, 0.3) is 0 Å². The monoisotopic (exact) mass is 320 g/mol. The Balaban J connectivity index is 1.64. The molecule has 0 N–H and O–H groups in total. The van der Waals surface area contributed by atoms with E-state index < -0.39 is 11.6 Å². The molecular formula is C18H24O5. The van der Waals surface area contributed by atoms with E-state index >= 15 is 0 Å². The molecule has 0 radical (unpaired) electrons. The van der Waals surface area contributed by atoms with Crippen LogP contribution in [0.15, 0.2) is 30.3 Å². The summed E-state index contributed by atoms with van der Waals surface area (Å²) in [6.07, 6.45) is -0.779. The Morgan fingerprint density at radius 2 is 1.61 bits per heavy atom. The van der Waals surface area contributed by atoms with Gasteiger partial charge in [-0.25, -0.2) is 0 Å². The van der Waals surface area contributed by atoms with Crippen molar-refractivity contribution in [3.05, 3.63) is 35.9 Å². The molecule has 0 bridgehead atoms. The molecule has 3 heterocycles. The van der Waals surface area contributed by atoms with Crippen LogP contribution in [0, 0.1) is 0 Å². The van der Waals surface area contributed by atoms with Gasteiger partial charge in [-0.05, 0) is 33.3 Å². The molecule has 126 valence electrons. The molecule has 5 heteroatoms. The Morgan fingerprint density at radius 1 is 0.870 bits per heavy atom. The standard InChI is InChI=1S/C18H24O5/c1-17(2)19-10-12(21-17)14-13(11-8-6-5-7-9-11)15-16(20-14)23-18(3,4)22-15/h5-9,12-16H,10H2,1-4H3/t12?,13-,14+,15+,16+/m0/s1. The highest BCUT2D eigenvalue weighted by atomic mass is 16.8. The summed E-state index contributed by atoms with van der Waals surface area (Å²) in [6, 6.07) is 10.3. The van der Waals surface area contributed by atoms with Gasteiger partial charge in [0, 0.05) is 5.92 Å². The van der Waals surface area contributed by atoms with Crippen molar-refractivity contribution in [3.8, 4) is 0 Å². The van der Waals surface area contributed by atoms with Crippen LogP contribution in [0.3, 0.4) is 0 Å². The van der Waals surface area contributed by atoms with Crippen LogP contribution >= 0.6 is 0 Å². The van der Waals surface area contributed by atoms with Gasteiger partial charge in [-0.2, -0.15) is 0 Å². The minimum absolute atomic E-state index is 0.0606. The SMILES string of the molecule is CC1(C)OCC([C@H]2O[C@@H]3OC(C)(C)O[C@@H]3[C@H]2c2ccccc2)O1. The maximum absolute atomic E-state index is 6.21. The van der Waals surface area contributed by atoms with E-state index in [4.69, 9.17) is 23.7 Å². The number of ether oxygens (including phenoxy) is 5. The Morgan fingerprint density at radius 3 is 2.26 bits per heavy atom. The minimum atomic E-state index is -0.625. The summed E-state index contributed by atoms with van der Waals surface area (Å²) in [5, 5.41) is 0. The Labute approximate surface area is 136 Å². The van der Waals surface area contributed by atoms with Gasteiger partial charge >= 0.3 is 0 Å². The molecule has 3 saturated heterocycles. The molecular weight excluding hydrogens is 296 g/mol. The number of hydrogen-bond acceptors (Lipinski definition) is 5. The summed E-state index contributed by atoms with van der Waals surface area (Å²) in [5.74, 6) is -1.14. The molecule has 4 rings (SSSR count). The quantitative estimate of drug-likeness (QED) is 0.838. The first kappa shape index (κ1) is 15.5. The molecule has 5 atom stereocenters. The largest absolute Gasteiger partial charge is 0.348 e. The zero-order valence-corrected chi connectivity index (χ0v) is 14.0. The van der Waals surface area contributed by atoms with Crippen LogP contribution in [0.1, 0.15) is 39.2 Å². The molecule has 0 saturated carbocycles. The lowest BCUT2D eigenvalue weighted by molar-refractivity contribution is -0.223. The Bertz CT molecular complexity index is 570. The third kappa shape index (κ3) is 2.81. The fraction of sp³-hybridized carbons (Fsp3) is 0.667. The first-order valence-electron chi connectivity index (χ1n) is 8.22. The maximum atomic E-state index is 6.21. The normalized spacial score (nSPS) is 41.1. The zero-order valence-electron chi connectivity index (χ0n) is 14.0. The van der Waals surface area contributed by atoms with Crippen molar-refractivity contribution in [2.45, 2.75) is 69.8 Å². The van der Waals surface area contributed by atoms with Crippen LogP contribution in [0.2, 0.25) is 0 Å². The van der Waals surface area contributed by atoms with Crippen molar-refractivity contribution in [2.75, 3.05) is 6.61 Å². The summed E-state index contributed by atoms with van der Waals surface area (Å²) < 4.78 is 30.0. The van der Waals surface area contributed by atoms with Crippen LogP contribution in [-0.2, 0) is 23.7 Å².